The lowest BCUT2D eigenvalue weighted by Crippen LogP contribution is -2.26. The van der Waals surface area contributed by atoms with Gasteiger partial charge in [-0.25, -0.2) is 17.9 Å². The molecule has 0 unspecified atom stereocenters. The third kappa shape index (κ3) is 4.45. The van der Waals surface area contributed by atoms with Crippen LogP contribution in [0, 0.1) is 6.92 Å². The first kappa shape index (κ1) is 20.6. The Kier molecular flexibility index (Phi) is 6.22. The highest BCUT2D eigenvalue weighted by Crippen LogP contribution is 2.28. The van der Waals surface area contributed by atoms with Crippen LogP contribution in [0.4, 0.5) is 0 Å². The average molecular weight is 466 g/mol. The molecule has 3 rings (SSSR count). The number of carbonyl (C=O) groups is 1. The monoisotopic (exact) mass is 465 g/mol. The van der Waals surface area contributed by atoms with Crippen molar-refractivity contribution in [2.45, 2.75) is 25.2 Å². The van der Waals surface area contributed by atoms with Crippen LogP contribution in [0.3, 0.4) is 0 Å². The number of hydrogen-bond donors (Lipinski definition) is 1. The van der Waals surface area contributed by atoms with Gasteiger partial charge in [-0.2, -0.15) is 0 Å². The third-order valence-corrected chi connectivity index (χ3v) is 6.23. The molecule has 0 spiro atoms. The number of benzene rings is 2. The first-order chi connectivity index (χ1) is 13.3. The molecule has 0 saturated heterocycles. The maximum atomic E-state index is 12.6. The fraction of sp³-hybridized carbons (Fsp3) is 0.250. The predicted molar refractivity (Wildman–Crippen MR) is 110 cm³/mol. The van der Waals surface area contributed by atoms with Gasteiger partial charge in [0.1, 0.15) is 5.58 Å². The third-order valence-electron chi connectivity index (χ3n) is 4.27. The highest BCUT2D eigenvalue weighted by atomic mass is 79.9. The maximum Gasteiger partial charge on any atom is 0.374 e. The quantitative estimate of drug-likeness (QED) is 0.528. The molecule has 28 heavy (non-hydrogen) atoms. The normalized spacial score (nSPS) is 11.7. The molecule has 3 aromatic rings. The molecule has 0 aliphatic heterocycles. The largest absolute Gasteiger partial charge is 0.460 e. The molecule has 0 fully saturated rings. The number of nitrogens with one attached hydrogen (secondary N) is 1. The van der Waals surface area contributed by atoms with Gasteiger partial charge in [-0.1, -0.05) is 28.1 Å². The molecule has 148 valence electrons. The Morgan fingerprint density at radius 3 is 2.71 bits per heavy atom. The number of esters is 1. The molecule has 0 atom stereocenters. The number of aryl methyl sites for hydroxylation is 1. The summed E-state index contributed by atoms with van der Waals surface area (Å²) < 4.78 is 39.4. The van der Waals surface area contributed by atoms with E-state index in [2.05, 4.69) is 20.7 Å². The van der Waals surface area contributed by atoms with E-state index < -0.39 is 16.0 Å². The highest BCUT2D eigenvalue weighted by Gasteiger charge is 2.21. The SMILES string of the molecule is CCOC(=O)c1oc2ccc(S(=O)(=O)NCCc3cccc(Br)c3)cc2c1C. The van der Waals surface area contributed by atoms with Gasteiger partial charge in [0.25, 0.3) is 0 Å². The number of halogens is 1. The summed E-state index contributed by atoms with van der Waals surface area (Å²) in [6.45, 7) is 3.92. The summed E-state index contributed by atoms with van der Waals surface area (Å²) in [5.41, 5.74) is 2.02. The van der Waals surface area contributed by atoms with Gasteiger partial charge in [0.15, 0.2) is 0 Å². The van der Waals surface area contributed by atoms with Gasteiger partial charge in [0.05, 0.1) is 11.5 Å². The molecule has 0 aliphatic carbocycles. The van der Waals surface area contributed by atoms with Crippen molar-refractivity contribution in [3.63, 3.8) is 0 Å². The van der Waals surface area contributed by atoms with Gasteiger partial charge in [-0.3, -0.25) is 0 Å². The molecular weight excluding hydrogens is 446 g/mol. The van der Waals surface area contributed by atoms with Crippen LogP contribution >= 0.6 is 15.9 Å². The molecule has 1 aromatic heterocycles. The van der Waals surface area contributed by atoms with Crippen molar-refractivity contribution < 1.29 is 22.4 Å². The molecular formula is C20H20BrNO5S. The lowest BCUT2D eigenvalue weighted by molar-refractivity contribution is 0.0491. The summed E-state index contributed by atoms with van der Waals surface area (Å²) in [7, 11) is -3.69. The Morgan fingerprint density at radius 1 is 1.21 bits per heavy atom. The second kappa shape index (κ2) is 8.46. The van der Waals surface area contributed by atoms with E-state index in [0.29, 0.717) is 23.0 Å². The Labute approximate surface area is 172 Å². The molecule has 8 heteroatoms. The van der Waals surface area contributed by atoms with Gasteiger partial charge in [0, 0.05) is 22.0 Å². The molecule has 1 heterocycles. The second-order valence-corrected chi connectivity index (χ2v) is 8.89. The fourth-order valence-electron chi connectivity index (χ4n) is 2.86. The predicted octanol–water partition coefficient (Wildman–Crippen LogP) is 4.20. The number of sulfonamides is 1. The molecule has 0 aliphatic rings. The number of hydrogen-bond acceptors (Lipinski definition) is 5. The average Bonchev–Trinajstić information content (AvgIpc) is 2.98. The van der Waals surface area contributed by atoms with Crippen molar-refractivity contribution in [3.05, 3.63) is 63.8 Å². The Bertz CT molecular complexity index is 1120. The van der Waals surface area contributed by atoms with Gasteiger partial charge in [0.2, 0.25) is 15.8 Å². The summed E-state index contributed by atoms with van der Waals surface area (Å²) in [6, 6.07) is 12.2. The zero-order valence-electron chi connectivity index (χ0n) is 15.5. The molecule has 0 radical (unpaired) electrons. The lowest BCUT2D eigenvalue weighted by Gasteiger charge is -2.07. The van der Waals surface area contributed by atoms with Crippen LogP contribution in [-0.4, -0.2) is 27.5 Å². The van der Waals surface area contributed by atoms with Crippen molar-refractivity contribution in [1.29, 1.82) is 0 Å². The zero-order valence-corrected chi connectivity index (χ0v) is 17.9. The van der Waals surface area contributed by atoms with Crippen molar-refractivity contribution in [2.24, 2.45) is 0 Å². The molecule has 1 N–H and O–H groups in total. The molecule has 0 saturated carbocycles. The fourth-order valence-corrected chi connectivity index (χ4v) is 4.37. The molecule has 2 aromatic carbocycles. The van der Waals surface area contributed by atoms with Gasteiger partial charge < -0.3 is 9.15 Å². The minimum absolute atomic E-state index is 0.0917. The summed E-state index contributed by atoms with van der Waals surface area (Å²) in [4.78, 5) is 12.1. The van der Waals surface area contributed by atoms with E-state index in [1.54, 1.807) is 19.9 Å². The number of carbonyl (C=O) groups excluding carboxylic acids is 1. The highest BCUT2D eigenvalue weighted by molar-refractivity contribution is 9.10. The Morgan fingerprint density at radius 2 is 2.00 bits per heavy atom. The van der Waals surface area contributed by atoms with E-state index in [-0.39, 0.29) is 23.8 Å². The second-order valence-electron chi connectivity index (χ2n) is 6.21. The van der Waals surface area contributed by atoms with Crippen molar-refractivity contribution in [2.75, 3.05) is 13.2 Å². The molecule has 6 nitrogen and oxygen atoms in total. The summed E-state index contributed by atoms with van der Waals surface area (Å²) in [5.74, 6) is -0.471. The van der Waals surface area contributed by atoms with Crippen molar-refractivity contribution in [3.8, 4) is 0 Å². The van der Waals surface area contributed by atoms with Crippen molar-refractivity contribution in [1.82, 2.24) is 4.72 Å². The van der Waals surface area contributed by atoms with Gasteiger partial charge >= 0.3 is 5.97 Å². The van der Waals surface area contributed by atoms with E-state index in [1.165, 1.54) is 12.1 Å². The van der Waals surface area contributed by atoms with Crippen molar-refractivity contribution >= 4 is 42.9 Å². The summed E-state index contributed by atoms with van der Waals surface area (Å²) in [5, 5.41) is 0.568. The first-order valence-electron chi connectivity index (χ1n) is 8.76. The van der Waals surface area contributed by atoms with Crippen LogP contribution in [0.15, 0.2) is 56.2 Å². The molecule has 0 bridgehead atoms. The van der Waals surface area contributed by atoms with E-state index in [0.717, 1.165) is 10.0 Å². The number of rotatable bonds is 7. The van der Waals surface area contributed by atoms with Crippen LogP contribution in [0.1, 0.15) is 28.6 Å². The van der Waals surface area contributed by atoms with Crippen LogP contribution < -0.4 is 4.72 Å². The standard InChI is InChI=1S/C20H20BrNO5S/c1-3-26-20(23)19-13(2)17-12-16(7-8-18(17)27-19)28(24,25)22-10-9-14-5-4-6-15(21)11-14/h4-8,11-12,22H,3,9-10H2,1-2H3. The minimum Gasteiger partial charge on any atom is -0.460 e. The lowest BCUT2D eigenvalue weighted by atomic mass is 10.1. The van der Waals surface area contributed by atoms with Crippen LogP contribution in [-0.2, 0) is 21.2 Å². The molecule has 0 amide bonds. The maximum absolute atomic E-state index is 12.6. The van der Waals surface area contributed by atoms with E-state index >= 15 is 0 Å². The Balaban J connectivity index is 1.79. The first-order valence-corrected chi connectivity index (χ1v) is 11.0. The van der Waals surface area contributed by atoms with Crippen LogP contribution in [0.5, 0.6) is 0 Å². The topological polar surface area (TPSA) is 85.6 Å². The van der Waals surface area contributed by atoms with Gasteiger partial charge in [-0.15, -0.1) is 0 Å². The number of fused-ring (bicyclic) bond motifs is 1. The number of furan rings is 1. The summed E-state index contributed by atoms with van der Waals surface area (Å²) >= 11 is 3.40. The van der Waals surface area contributed by atoms with E-state index in [4.69, 9.17) is 9.15 Å². The van der Waals surface area contributed by atoms with Crippen LogP contribution in [0.25, 0.3) is 11.0 Å². The Hall–Kier alpha value is -2.16. The smallest absolute Gasteiger partial charge is 0.374 e. The number of ether oxygens (including phenoxy) is 1. The van der Waals surface area contributed by atoms with Crippen LogP contribution in [0.2, 0.25) is 0 Å². The minimum atomic E-state index is -3.69. The summed E-state index contributed by atoms with van der Waals surface area (Å²) in [6.07, 6.45) is 0.568. The van der Waals surface area contributed by atoms with E-state index in [9.17, 15) is 13.2 Å². The van der Waals surface area contributed by atoms with E-state index in [1.807, 2.05) is 24.3 Å². The zero-order chi connectivity index (χ0) is 20.3. The van der Waals surface area contributed by atoms with Gasteiger partial charge in [-0.05, 0) is 56.2 Å².